The van der Waals surface area contributed by atoms with Gasteiger partial charge in [-0.05, 0) is 12.5 Å². The van der Waals surface area contributed by atoms with Gasteiger partial charge < -0.3 is 24.6 Å². The third-order valence-electron chi connectivity index (χ3n) is 5.01. The molecular weight excluding hydrogens is 434 g/mol. The van der Waals surface area contributed by atoms with Crippen molar-refractivity contribution in [2.75, 3.05) is 51.9 Å². The molecule has 3 heterocycles. The van der Waals surface area contributed by atoms with Gasteiger partial charge in [-0.15, -0.1) is 11.3 Å². The van der Waals surface area contributed by atoms with Gasteiger partial charge in [-0.25, -0.2) is 15.0 Å². The molecule has 0 bridgehead atoms. The molecule has 1 aliphatic rings. The van der Waals surface area contributed by atoms with Gasteiger partial charge in [-0.2, -0.15) is 0 Å². The van der Waals surface area contributed by atoms with Gasteiger partial charge in [0.15, 0.2) is 16.6 Å². The van der Waals surface area contributed by atoms with Gasteiger partial charge in [-0.1, -0.05) is 0 Å². The minimum atomic E-state index is -0.894. The van der Waals surface area contributed by atoms with Crippen LogP contribution in [-0.2, 0) is 16.0 Å². The average Bonchev–Trinajstić information content (AvgIpc) is 3.23. The highest BCUT2D eigenvalue weighted by Crippen LogP contribution is 2.35. The highest BCUT2D eigenvalue weighted by molar-refractivity contribution is 7.15. The number of morpholine rings is 1. The fourth-order valence-corrected chi connectivity index (χ4v) is 4.23. The van der Waals surface area contributed by atoms with Crippen molar-refractivity contribution < 1.29 is 24.1 Å². The topological polar surface area (TPSA) is 119 Å². The summed E-state index contributed by atoms with van der Waals surface area (Å²) < 4.78 is 16.9. The summed E-state index contributed by atoms with van der Waals surface area (Å²) in [5.41, 5.74) is 0.703. The number of ether oxygens (including phenoxy) is 3. The number of nitrogens with one attached hydrogen (secondary N) is 1. The number of carbonyl (C=O) groups is 1. The molecule has 0 radical (unpaired) electrons. The van der Waals surface area contributed by atoms with Gasteiger partial charge in [-0.3, -0.25) is 9.69 Å². The zero-order valence-corrected chi connectivity index (χ0v) is 18.6. The van der Waals surface area contributed by atoms with Gasteiger partial charge in [0.05, 0.1) is 38.9 Å². The Balaban J connectivity index is 1.45. The summed E-state index contributed by atoms with van der Waals surface area (Å²) in [6.45, 7) is 5.04. The van der Waals surface area contributed by atoms with Gasteiger partial charge in [0.25, 0.3) is 0 Å². The Labute approximate surface area is 189 Å². The van der Waals surface area contributed by atoms with Crippen molar-refractivity contribution in [1.29, 1.82) is 0 Å². The molecule has 4 rings (SSSR count). The Morgan fingerprint density at radius 1 is 1.25 bits per heavy atom. The molecule has 0 unspecified atom stereocenters. The van der Waals surface area contributed by atoms with Crippen molar-refractivity contribution in [3.63, 3.8) is 0 Å². The lowest BCUT2D eigenvalue weighted by Gasteiger charge is -2.26. The van der Waals surface area contributed by atoms with Crippen LogP contribution in [0.5, 0.6) is 11.5 Å². The van der Waals surface area contributed by atoms with Gasteiger partial charge in [0.2, 0.25) is 0 Å². The minimum Gasteiger partial charge on any atom is -0.493 e. The van der Waals surface area contributed by atoms with E-state index >= 15 is 0 Å². The second kappa shape index (κ2) is 10.5. The fourth-order valence-electron chi connectivity index (χ4n) is 3.43. The number of anilines is 2. The van der Waals surface area contributed by atoms with Crippen LogP contribution in [0.2, 0.25) is 0 Å². The fraction of sp³-hybridized carbons (Fsp3) is 0.429. The van der Waals surface area contributed by atoms with E-state index in [1.165, 1.54) is 17.7 Å². The first kappa shape index (κ1) is 22.2. The summed E-state index contributed by atoms with van der Waals surface area (Å²) in [6.07, 6.45) is 3.85. The Bertz CT molecular complexity index is 1070. The predicted molar refractivity (Wildman–Crippen MR) is 120 cm³/mol. The number of carboxylic acid groups (broad SMARTS) is 1. The first-order chi connectivity index (χ1) is 15.6. The van der Waals surface area contributed by atoms with Crippen LogP contribution in [0.15, 0.2) is 24.7 Å². The lowest BCUT2D eigenvalue weighted by molar-refractivity contribution is -0.136. The molecule has 1 aromatic carbocycles. The van der Waals surface area contributed by atoms with E-state index in [1.54, 1.807) is 13.3 Å². The highest BCUT2D eigenvalue weighted by atomic mass is 32.1. The average molecular weight is 460 g/mol. The first-order valence-electron chi connectivity index (χ1n) is 10.3. The number of rotatable bonds is 10. The summed E-state index contributed by atoms with van der Waals surface area (Å²) in [7, 11) is 1.59. The maximum Gasteiger partial charge on any atom is 0.308 e. The van der Waals surface area contributed by atoms with Crippen molar-refractivity contribution in [3.05, 3.63) is 29.5 Å². The lowest BCUT2D eigenvalue weighted by atomic mass is 10.2. The van der Waals surface area contributed by atoms with Crippen LogP contribution in [-0.4, -0.2) is 77.5 Å². The van der Waals surface area contributed by atoms with E-state index < -0.39 is 5.97 Å². The van der Waals surface area contributed by atoms with Crippen molar-refractivity contribution >= 4 is 39.2 Å². The Kier molecular flexibility index (Phi) is 7.30. The second-order valence-electron chi connectivity index (χ2n) is 7.23. The van der Waals surface area contributed by atoms with Crippen LogP contribution in [0.3, 0.4) is 0 Å². The smallest absolute Gasteiger partial charge is 0.308 e. The van der Waals surface area contributed by atoms with E-state index in [0.717, 1.165) is 44.7 Å². The molecule has 11 heteroatoms. The number of nitrogens with zero attached hydrogens (tertiary/aromatic N) is 4. The molecule has 1 fully saturated rings. The van der Waals surface area contributed by atoms with Crippen LogP contribution in [0.1, 0.15) is 11.3 Å². The molecule has 32 heavy (non-hydrogen) atoms. The summed E-state index contributed by atoms with van der Waals surface area (Å²) in [5, 5.41) is 13.4. The number of methoxy groups -OCH3 is 1. The van der Waals surface area contributed by atoms with Gasteiger partial charge in [0, 0.05) is 42.2 Å². The molecule has 0 spiro atoms. The van der Waals surface area contributed by atoms with E-state index in [4.69, 9.17) is 19.3 Å². The van der Waals surface area contributed by atoms with E-state index in [2.05, 4.69) is 25.2 Å². The Morgan fingerprint density at radius 2 is 2.09 bits per heavy atom. The summed E-state index contributed by atoms with van der Waals surface area (Å²) in [6, 6.07) is 3.67. The number of thiazole rings is 1. The lowest BCUT2D eigenvalue weighted by Crippen LogP contribution is -2.37. The molecule has 0 saturated carbocycles. The summed E-state index contributed by atoms with van der Waals surface area (Å²) in [4.78, 5) is 26.8. The van der Waals surface area contributed by atoms with E-state index in [-0.39, 0.29) is 6.42 Å². The number of benzene rings is 1. The van der Waals surface area contributed by atoms with Crippen LogP contribution in [0, 0.1) is 0 Å². The largest absolute Gasteiger partial charge is 0.493 e. The van der Waals surface area contributed by atoms with Crippen molar-refractivity contribution in [2.24, 2.45) is 0 Å². The van der Waals surface area contributed by atoms with Gasteiger partial charge >= 0.3 is 5.97 Å². The second-order valence-corrected chi connectivity index (χ2v) is 8.34. The molecule has 0 atom stereocenters. The van der Waals surface area contributed by atoms with Crippen LogP contribution >= 0.6 is 11.3 Å². The number of hydrogen-bond donors (Lipinski definition) is 2. The summed E-state index contributed by atoms with van der Waals surface area (Å²) >= 11 is 1.27. The number of hydrogen-bond acceptors (Lipinski definition) is 10. The monoisotopic (exact) mass is 459 g/mol. The van der Waals surface area contributed by atoms with E-state index in [9.17, 15) is 4.79 Å². The van der Waals surface area contributed by atoms with Crippen LogP contribution < -0.4 is 14.8 Å². The Morgan fingerprint density at radius 3 is 2.88 bits per heavy atom. The number of fused-ring (bicyclic) bond motifs is 1. The third-order valence-corrected chi connectivity index (χ3v) is 5.92. The highest BCUT2D eigenvalue weighted by Gasteiger charge is 2.14. The zero-order valence-electron chi connectivity index (χ0n) is 17.7. The zero-order chi connectivity index (χ0) is 22.3. The minimum absolute atomic E-state index is 0.0655. The predicted octanol–water partition coefficient (Wildman–Crippen LogP) is 2.57. The molecule has 2 N–H and O–H groups in total. The summed E-state index contributed by atoms with van der Waals surface area (Å²) in [5.74, 6) is 0.885. The molecule has 1 aliphatic heterocycles. The van der Waals surface area contributed by atoms with Crippen molar-refractivity contribution in [1.82, 2.24) is 19.9 Å². The standard InChI is InChI=1S/C21H25N5O5S/c1-29-17-10-15-16(11-18(17)31-6-2-3-26-4-7-30-8-5-26)23-13-24-20(15)25-21-22-12-14(32-21)9-19(27)28/h10-13H,2-9H2,1H3,(H,27,28)(H,22,23,24,25). The molecule has 170 valence electrons. The molecule has 0 amide bonds. The van der Waals surface area contributed by atoms with Crippen LogP contribution in [0.25, 0.3) is 10.9 Å². The quantitative estimate of drug-likeness (QED) is 0.438. The molecule has 3 aromatic rings. The number of aromatic nitrogens is 3. The number of carboxylic acids is 1. The van der Waals surface area contributed by atoms with Crippen LogP contribution in [0.4, 0.5) is 10.9 Å². The van der Waals surface area contributed by atoms with E-state index in [1.807, 2.05) is 12.1 Å². The maximum atomic E-state index is 10.9. The molecule has 10 nitrogen and oxygen atoms in total. The van der Waals surface area contributed by atoms with Crippen molar-refractivity contribution in [3.8, 4) is 11.5 Å². The third kappa shape index (κ3) is 5.61. The molecule has 2 aromatic heterocycles. The first-order valence-corrected chi connectivity index (χ1v) is 11.1. The van der Waals surface area contributed by atoms with Crippen molar-refractivity contribution in [2.45, 2.75) is 12.8 Å². The van der Waals surface area contributed by atoms with E-state index in [0.29, 0.717) is 39.4 Å². The molecular formula is C21H25N5O5S. The maximum absolute atomic E-state index is 10.9. The number of aliphatic carboxylic acids is 1. The molecule has 1 saturated heterocycles. The molecule has 0 aliphatic carbocycles. The normalized spacial score (nSPS) is 14.4. The SMILES string of the molecule is COc1cc2c(Nc3ncc(CC(=O)O)s3)ncnc2cc1OCCCN1CCOCC1. The Hall–Kier alpha value is -3.02. The van der Waals surface area contributed by atoms with Gasteiger partial charge in [0.1, 0.15) is 12.1 Å².